The number of halogens is 1. The maximum atomic E-state index is 12.7. The molecule has 0 saturated carbocycles. The molecule has 0 aliphatic carbocycles. The van der Waals surface area contributed by atoms with Crippen LogP contribution < -0.4 is 10.6 Å². The van der Waals surface area contributed by atoms with Crippen molar-refractivity contribution in [3.8, 4) is 0 Å². The molecule has 0 radical (unpaired) electrons. The topological polar surface area (TPSA) is 81.8 Å². The summed E-state index contributed by atoms with van der Waals surface area (Å²) in [6.07, 6.45) is 6.82. The number of aryl methyl sites for hydroxylation is 1. The van der Waals surface area contributed by atoms with Crippen molar-refractivity contribution in [2.75, 3.05) is 13.6 Å². The van der Waals surface area contributed by atoms with Crippen LogP contribution in [0.4, 0.5) is 4.79 Å². The van der Waals surface area contributed by atoms with Crippen molar-refractivity contribution >= 4 is 46.9 Å². The molecule has 2 aromatic rings. The zero-order valence-corrected chi connectivity index (χ0v) is 22.7. The maximum absolute atomic E-state index is 12.7. The number of carbonyl (C=O) groups is 1. The molecule has 2 fully saturated rings. The Bertz CT molecular complexity index is 982. The van der Waals surface area contributed by atoms with Gasteiger partial charge in [0.05, 0.1) is 0 Å². The van der Waals surface area contributed by atoms with E-state index in [1.165, 1.54) is 22.0 Å². The Morgan fingerprint density at radius 3 is 2.58 bits per heavy atom. The van der Waals surface area contributed by atoms with Crippen LogP contribution in [0.25, 0.3) is 10.9 Å². The van der Waals surface area contributed by atoms with E-state index in [1.807, 2.05) is 32.7 Å². The van der Waals surface area contributed by atoms with Gasteiger partial charge in [-0.3, -0.25) is 4.99 Å². The number of fused-ring (bicyclic) bond motifs is 3. The van der Waals surface area contributed by atoms with E-state index in [4.69, 9.17) is 4.74 Å². The highest BCUT2D eigenvalue weighted by atomic mass is 127. The third kappa shape index (κ3) is 5.94. The van der Waals surface area contributed by atoms with Gasteiger partial charge in [-0.25, -0.2) is 4.79 Å². The second-order valence-corrected chi connectivity index (χ2v) is 10.1. The number of H-pyrrole nitrogens is 1. The molecule has 7 nitrogen and oxygen atoms in total. The number of aromatic nitrogens is 1. The fraction of sp³-hybridized carbons (Fsp3) is 0.600. The summed E-state index contributed by atoms with van der Waals surface area (Å²) in [7, 11) is 1.81. The van der Waals surface area contributed by atoms with Crippen molar-refractivity contribution in [2.45, 2.75) is 83.5 Å². The average Bonchev–Trinajstić information content (AvgIpc) is 3.25. The van der Waals surface area contributed by atoms with Crippen LogP contribution in [0.1, 0.15) is 57.6 Å². The summed E-state index contributed by atoms with van der Waals surface area (Å²) in [6, 6.07) is 7.22. The first kappa shape index (κ1) is 25.6. The second kappa shape index (κ2) is 10.5. The number of piperidine rings is 1. The van der Waals surface area contributed by atoms with Crippen LogP contribution in [0.3, 0.4) is 0 Å². The highest BCUT2D eigenvalue weighted by Gasteiger charge is 2.45. The number of nitrogens with one attached hydrogen (secondary N) is 3. The zero-order valence-electron chi connectivity index (χ0n) is 20.4. The zero-order chi connectivity index (χ0) is 22.9. The number of hydrogen-bond donors (Lipinski definition) is 3. The van der Waals surface area contributed by atoms with Gasteiger partial charge in [0.15, 0.2) is 5.96 Å². The van der Waals surface area contributed by atoms with Gasteiger partial charge >= 0.3 is 6.09 Å². The summed E-state index contributed by atoms with van der Waals surface area (Å²) in [6.45, 7) is 8.72. The molecule has 1 aromatic heterocycles. The monoisotopic (exact) mass is 567 g/mol. The van der Waals surface area contributed by atoms with Crippen molar-refractivity contribution in [3.63, 3.8) is 0 Å². The molecule has 182 valence electrons. The fourth-order valence-corrected chi connectivity index (χ4v) is 5.18. The van der Waals surface area contributed by atoms with Gasteiger partial charge in [-0.2, -0.15) is 0 Å². The number of hydrogen-bond acceptors (Lipinski definition) is 3. The van der Waals surface area contributed by atoms with Crippen LogP contribution in [-0.4, -0.2) is 59.3 Å². The van der Waals surface area contributed by atoms with Crippen molar-refractivity contribution in [3.05, 3.63) is 35.5 Å². The van der Waals surface area contributed by atoms with E-state index in [9.17, 15) is 4.79 Å². The minimum Gasteiger partial charge on any atom is -0.444 e. The van der Waals surface area contributed by atoms with E-state index >= 15 is 0 Å². The molecule has 33 heavy (non-hydrogen) atoms. The third-order valence-corrected chi connectivity index (χ3v) is 6.60. The molecule has 4 rings (SSSR count). The summed E-state index contributed by atoms with van der Waals surface area (Å²) in [5, 5.41) is 8.35. The Balaban J connectivity index is 0.00000306. The molecule has 2 unspecified atom stereocenters. The van der Waals surface area contributed by atoms with Gasteiger partial charge in [0.1, 0.15) is 5.60 Å². The van der Waals surface area contributed by atoms with Gasteiger partial charge in [0.25, 0.3) is 0 Å². The van der Waals surface area contributed by atoms with E-state index < -0.39 is 5.60 Å². The van der Waals surface area contributed by atoms with Gasteiger partial charge in [-0.1, -0.05) is 18.2 Å². The lowest BCUT2D eigenvalue weighted by molar-refractivity contribution is 0.00545. The molecule has 2 aliphatic heterocycles. The van der Waals surface area contributed by atoms with Crippen LogP contribution in [-0.2, 0) is 11.2 Å². The molecule has 2 saturated heterocycles. The summed E-state index contributed by atoms with van der Waals surface area (Å²) in [5.41, 5.74) is 3.35. The highest BCUT2D eigenvalue weighted by Crippen LogP contribution is 2.36. The lowest BCUT2D eigenvalue weighted by Gasteiger charge is -2.40. The Hall–Kier alpha value is -1.97. The minimum absolute atomic E-state index is 0. The van der Waals surface area contributed by atoms with Crippen LogP contribution in [0, 0.1) is 6.92 Å². The standard InChI is InChI=1S/C25H37N5O2.HI/c1-16-7-6-8-21-17(15-28-22(16)21)11-12-27-23(26-5)29-18-13-19-9-10-20(14-18)30(19)24(31)32-25(2,3)4;/h6-8,15,18-20,28H,9-14H2,1-5H3,(H2,26,27,29);1H. The van der Waals surface area contributed by atoms with Crippen LogP contribution in [0.2, 0.25) is 0 Å². The van der Waals surface area contributed by atoms with Crippen LogP contribution >= 0.6 is 24.0 Å². The smallest absolute Gasteiger partial charge is 0.410 e. The molecule has 8 heteroatoms. The van der Waals surface area contributed by atoms with Gasteiger partial charge < -0.3 is 25.3 Å². The lowest BCUT2D eigenvalue weighted by Crippen LogP contribution is -2.55. The summed E-state index contributed by atoms with van der Waals surface area (Å²) in [4.78, 5) is 22.5. The van der Waals surface area contributed by atoms with Gasteiger partial charge in [-0.05, 0) is 70.9 Å². The fourth-order valence-electron chi connectivity index (χ4n) is 5.18. The molecule has 0 spiro atoms. The lowest BCUT2D eigenvalue weighted by atomic mass is 9.98. The predicted molar refractivity (Wildman–Crippen MR) is 145 cm³/mol. The SMILES string of the molecule is CN=C(NCCc1c[nH]c2c(C)cccc12)NC1CC2CCC(C1)N2C(=O)OC(C)(C)C.I. The normalized spacial score (nSPS) is 22.8. The number of rotatable bonds is 4. The maximum Gasteiger partial charge on any atom is 0.410 e. The van der Waals surface area contributed by atoms with E-state index in [2.05, 4.69) is 51.9 Å². The summed E-state index contributed by atoms with van der Waals surface area (Å²) in [5.74, 6) is 0.830. The number of nitrogens with zero attached hydrogens (tertiary/aromatic N) is 2. The highest BCUT2D eigenvalue weighted by molar-refractivity contribution is 14.0. The van der Waals surface area contributed by atoms with Crippen LogP contribution in [0.15, 0.2) is 29.4 Å². The minimum atomic E-state index is -0.457. The van der Waals surface area contributed by atoms with Crippen LogP contribution in [0.5, 0.6) is 0 Å². The number of guanidine groups is 1. The van der Waals surface area contributed by atoms with Gasteiger partial charge in [0.2, 0.25) is 0 Å². The first-order valence-corrected chi connectivity index (χ1v) is 11.8. The quantitative estimate of drug-likeness (QED) is 0.284. The number of ether oxygens (including phenoxy) is 1. The molecule has 2 aliphatic rings. The number of para-hydroxylation sites is 1. The molecule has 2 bridgehead atoms. The number of amides is 1. The van der Waals surface area contributed by atoms with Crippen molar-refractivity contribution in [1.82, 2.24) is 20.5 Å². The molecule has 3 N–H and O–H groups in total. The van der Waals surface area contributed by atoms with E-state index in [0.717, 1.165) is 44.6 Å². The predicted octanol–water partition coefficient (Wildman–Crippen LogP) is 4.73. The Morgan fingerprint density at radius 2 is 1.94 bits per heavy atom. The van der Waals surface area contributed by atoms with E-state index in [0.29, 0.717) is 6.04 Å². The Morgan fingerprint density at radius 1 is 1.24 bits per heavy atom. The van der Waals surface area contributed by atoms with Crippen molar-refractivity contribution in [1.29, 1.82) is 0 Å². The largest absolute Gasteiger partial charge is 0.444 e. The van der Waals surface area contributed by atoms with E-state index in [1.54, 1.807) is 0 Å². The third-order valence-electron chi connectivity index (χ3n) is 6.60. The summed E-state index contributed by atoms with van der Waals surface area (Å²) < 4.78 is 5.65. The molecule has 3 heterocycles. The van der Waals surface area contributed by atoms with Crippen molar-refractivity contribution in [2.24, 2.45) is 4.99 Å². The number of aromatic amines is 1. The molecular weight excluding hydrogens is 529 g/mol. The van der Waals surface area contributed by atoms with Crippen molar-refractivity contribution < 1.29 is 9.53 Å². The Labute approximate surface area is 214 Å². The molecular formula is C25H38IN5O2. The first-order valence-electron chi connectivity index (χ1n) is 11.8. The summed E-state index contributed by atoms with van der Waals surface area (Å²) >= 11 is 0. The second-order valence-electron chi connectivity index (χ2n) is 10.1. The molecule has 2 atom stereocenters. The number of benzene rings is 1. The molecule has 1 amide bonds. The number of aliphatic imine (C=N–C) groups is 1. The van der Waals surface area contributed by atoms with E-state index in [-0.39, 0.29) is 42.2 Å². The van der Waals surface area contributed by atoms with Gasteiger partial charge in [-0.15, -0.1) is 24.0 Å². The Kier molecular flexibility index (Phi) is 8.18. The average molecular weight is 568 g/mol. The first-order chi connectivity index (χ1) is 15.2. The number of carbonyl (C=O) groups excluding carboxylic acids is 1. The molecule has 1 aromatic carbocycles. The van der Waals surface area contributed by atoms with Gasteiger partial charge in [0, 0.05) is 48.8 Å².